The lowest BCUT2D eigenvalue weighted by molar-refractivity contribution is -0.274. The van der Waals surface area contributed by atoms with Gasteiger partial charge in [0.1, 0.15) is 0 Å². The number of rotatable bonds is 5. The van der Waals surface area contributed by atoms with Crippen LogP contribution in [-0.2, 0) is 0 Å². The molecule has 0 bridgehead atoms. The van der Waals surface area contributed by atoms with Crippen LogP contribution < -0.4 is 15.8 Å². The van der Waals surface area contributed by atoms with Gasteiger partial charge in [0, 0.05) is 5.56 Å². The number of ether oxygens (including phenoxy) is 1. The van der Waals surface area contributed by atoms with Gasteiger partial charge in [-0.2, -0.15) is 0 Å². The number of carbonyl (C=O) groups is 1. The average Bonchev–Trinajstić information content (AvgIpc) is 2.39. The summed E-state index contributed by atoms with van der Waals surface area (Å²) in [6, 6.07) is 3.00. The van der Waals surface area contributed by atoms with Crippen LogP contribution in [0.25, 0.3) is 0 Å². The van der Waals surface area contributed by atoms with Gasteiger partial charge < -0.3 is 26.0 Å². The zero-order valence-corrected chi connectivity index (χ0v) is 11.1. The second-order valence-corrected chi connectivity index (χ2v) is 4.63. The molecule has 6 nitrogen and oxygen atoms in total. The molecule has 0 atom stereocenters. The molecule has 1 aromatic carbocycles. The Kier molecular flexibility index (Phi) is 5.02. The molecule has 0 spiro atoms. The number of benzene rings is 1. The van der Waals surface area contributed by atoms with Crippen LogP contribution in [0.2, 0.25) is 0 Å². The zero-order valence-electron chi connectivity index (χ0n) is 11.1. The van der Waals surface area contributed by atoms with E-state index in [0.29, 0.717) is 0 Å². The summed E-state index contributed by atoms with van der Waals surface area (Å²) in [5, 5.41) is 20.5. The molecule has 118 valence electrons. The molecule has 21 heavy (non-hydrogen) atoms. The van der Waals surface area contributed by atoms with Gasteiger partial charge in [-0.3, -0.25) is 4.79 Å². The molecule has 0 saturated carbocycles. The van der Waals surface area contributed by atoms with Crippen molar-refractivity contribution in [2.75, 3.05) is 18.9 Å². The number of nitrogens with two attached hydrogens (primary N) is 1. The van der Waals surface area contributed by atoms with Gasteiger partial charge in [-0.1, -0.05) is 0 Å². The SMILES string of the molecule is CC(CO)(CO)NC(=O)c1ccc(OC(F)(F)F)c(N)c1. The zero-order chi connectivity index (χ0) is 16.3. The van der Waals surface area contributed by atoms with Crippen molar-refractivity contribution in [1.82, 2.24) is 5.32 Å². The third kappa shape index (κ3) is 4.80. The highest BCUT2D eigenvalue weighted by Gasteiger charge is 2.32. The molecule has 0 unspecified atom stereocenters. The minimum atomic E-state index is -4.88. The number of hydrogen-bond donors (Lipinski definition) is 4. The maximum Gasteiger partial charge on any atom is 0.573 e. The van der Waals surface area contributed by atoms with Crippen molar-refractivity contribution in [1.29, 1.82) is 0 Å². The summed E-state index contributed by atoms with van der Waals surface area (Å²) in [4.78, 5) is 11.9. The number of carbonyl (C=O) groups excluding carboxylic acids is 1. The lowest BCUT2D eigenvalue weighted by atomic mass is 10.0. The fraction of sp³-hybridized carbons (Fsp3) is 0.417. The minimum Gasteiger partial charge on any atom is -0.404 e. The van der Waals surface area contributed by atoms with E-state index in [1.54, 1.807) is 0 Å². The summed E-state index contributed by atoms with van der Waals surface area (Å²) in [7, 11) is 0. The second-order valence-electron chi connectivity index (χ2n) is 4.63. The van der Waals surface area contributed by atoms with Crippen LogP contribution >= 0.6 is 0 Å². The molecule has 0 aromatic heterocycles. The molecule has 1 aromatic rings. The van der Waals surface area contributed by atoms with Crippen LogP contribution in [0.15, 0.2) is 18.2 Å². The van der Waals surface area contributed by atoms with E-state index in [2.05, 4.69) is 10.1 Å². The number of halogens is 3. The third-order valence-corrected chi connectivity index (χ3v) is 2.61. The predicted octanol–water partition coefficient (Wildman–Crippen LogP) is 0.641. The minimum absolute atomic E-state index is 0.0323. The van der Waals surface area contributed by atoms with Gasteiger partial charge in [-0.15, -0.1) is 13.2 Å². The standard InChI is InChI=1S/C12H15F3N2O4/c1-11(5-18,6-19)17-10(20)7-2-3-9(8(16)4-7)21-12(13,14)15/h2-4,18-19H,5-6,16H2,1H3,(H,17,20). The van der Waals surface area contributed by atoms with Crippen LogP contribution in [-0.4, -0.2) is 41.2 Å². The van der Waals surface area contributed by atoms with Crippen LogP contribution in [0.1, 0.15) is 17.3 Å². The van der Waals surface area contributed by atoms with Gasteiger partial charge >= 0.3 is 6.36 Å². The maximum atomic E-state index is 12.1. The summed E-state index contributed by atoms with van der Waals surface area (Å²) in [5.41, 5.74) is 3.74. The van der Waals surface area contributed by atoms with Crippen molar-refractivity contribution in [3.05, 3.63) is 23.8 Å². The van der Waals surface area contributed by atoms with E-state index in [4.69, 9.17) is 15.9 Å². The van der Waals surface area contributed by atoms with E-state index in [-0.39, 0.29) is 11.3 Å². The number of alkyl halides is 3. The molecule has 0 aliphatic carbocycles. The molecular weight excluding hydrogens is 293 g/mol. The highest BCUT2D eigenvalue weighted by molar-refractivity contribution is 5.96. The van der Waals surface area contributed by atoms with Crippen molar-refractivity contribution < 1.29 is 32.9 Å². The number of amides is 1. The van der Waals surface area contributed by atoms with Gasteiger partial charge in [0.05, 0.1) is 24.4 Å². The summed E-state index contributed by atoms with van der Waals surface area (Å²) in [6.07, 6.45) is -4.88. The largest absolute Gasteiger partial charge is 0.573 e. The number of nitrogen functional groups attached to an aromatic ring is 1. The molecule has 9 heteroatoms. The number of aliphatic hydroxyl groups excluding tert-OH is 2. The topological polar surface area (TPSA) is 105 Å². The van der Waals surface area contributed by atoms with Gasteiger partial charge in [-0.25, -0.2) is 0 Å². The Morgan fingerprint density at radius 2 is 1.90 bits per heavy atom. The lowest BCUT2D eigenvalue weighted by Gasteiger charge is -2.26. The van der Waals surface area contributed by atoms with Crippen LogP contribution in [0.4, 0.5) is 18.9 Å². The van der Waals surface area contributed by atoms with Crippen molar-refractivity contribution in [3.63, 3.8) is 0 Å². The fourth-order valence-corrected chi connectivity index (χ4v) is 1.38. The fourth-order valence-electron chi connectivity index (χ4n) is 1.38. The van der Waals surface area contributed by atoms with Crippen molar-refractivity contribution in [3.8, 4) is 5.75 Å². The third-order valence-electron chi connectivity index (χ3n) is 2.61. The van der Waals surface area contributed by atoms with Gasteiger partial charge in [0.15, 0.2) is 5.75 Å². The number of hydrogen-bond acceptors (Lipinski definition) is 5. The van der Waals surface area contributed by atoms with E-state index < -0.39 is 36.8 Å². The first-order valence-electron chi connectivity index (χ1n) is 5.80. The smallest absolute Gasteiger partial charge is 0.404 e. The summed E-state index contributed by atoms with van der Waals surface area (Å²) < 4.78 is 39.9. The molecule has 0 radical (unpaired) electrons. The molecule has 0 fully saturated rings. The summed E-state index contributed by atoms with van der Waals surface area (Å²) >= 11 is 0. The number of anilines is 1. The molecule has 1 rings (SSSR count). The van der Waals surface area contributed by atoms with Gasteiger partial charge in [0.25, 0.3) is 5.91 Å². The molecule has 0 aliphatic heterocycles. The van der Waals surface area contributed by atoms with Gasteiger partial charge in [0.2, 0.25) is 0 Å². The van der Waals surface area contributed by atoms with Crippen LogP contribution in [0, 0.1) is 0 Å². The van der Waals surface area contributed by atoms with E-state index >= 15 is 0 Å². The first-order chi connectivity index (χ1) is 9.60. The highest BCUT2D eigenvalue weighted by atomic mass is 19.4. The first kappa shape index (κ1) is 17.1. The van der Waals surface area contributed by atoms with E-state index in [9.17, 15) is 18.0 Å². The Balaban J connectivity index is 2.91. The molecule has 0 aliphatic rings. The second kappa shape index (κ2) is 6.19. The average molecular weight is 308 g/mol. The Morgan fingerprint density at radius 1 is 1.33 bits per heavy atom. The first-order valence-corrected chi connectivity index (χ1v) is 5.80. The number of nitrogens with one attached hydrogen (secondary N) is 1. The summed E-state index contributed by atoms with van der Waals surface area (Å²) in [6.45, 7) is 0.370. The van der Waals surface area contributed by atoms with E-state index in [0.717, 1.165) is 18.2 Å². The Morgan fingerprint density at radius 3 is 2.33 bits per heavy atom. The van der Waals surface area contributed by atoms with Crippen LogP contribution in [0.3, 0.4) is 0 Å². The van der Waals surface area contributed by atoms with E-state index in [1.165, 1.54) is 6.92 Å². The highest BCUT2D eigenvalue weighted by Crippen LogP contribution is 2.29. The van der Waals surface area contributed by atoms with Crippen molar-refractivity contribution in [2.24, 2.45) is 0 Å². The molecule has 0 heterocycles. The normalized spacial score (nSPS) is 12.1. The van der Waals surface area contributed by atoms with Crippen LogP contribution in [0.5, 0.6) is 5.75 Å². The van der Waals surface area contributed by atoms with E-state index in [1.807, 2.05) is 0 Å². The summed E-state index contributed by atoms with van der Waals surface area (Å²) in [5.74, 6) is -1.32. The monoisotopic (exact) mass is 308 g/mol. The molecule has 0 saturated heterocycles. The lowest BCUT2D eigenvalue weighted by Crippen LogP contribution is -2.51. The van der Waals surface area contributed by atoms with Crippen molar-refractivity contribution >= 4 is 11.6 Å². The molecular formula is C12H15F3N2O4. The quantitative estimate of drug-likeness (QED) is 0.598. The Bertz CT molecular complexity index is 516. The molecule has 1 amide bonds. The Labute approximate surface area is 118 Å². The molecule has 5 N–H and O–H groups in total. The Hall–Kier alpha value is -2.00. The predicted molar refractivity (Wildman–Crippen MR) is 67.6 cm³/mol. The van der Waals surface area contributed by atoms with Gasteiger partial charge in [-0.05, 0) is 25.1 Å². The van der Waals surface area contributed by atoms with Crippen molar-refractivity contribution in [2.45, 2.75) is 18.8 Å². The number of aliphatic hydroxyl groups is 2. The maximum absolute atomic E-state index is 12.1.